The highest BCUT2D eigenvalue weighted by Crippen LogP contribution is 2.36. The van der Waals surface area contributed by atoms with Gasteiger partial charge in [-0.05, 0) is 42.8 Å². The number of benzene rings is 1. The number of halogens is 3. The Morgan fingerprint density at radius 1 is 1.27 bits per heavy atom. The lowest BCUT2D eigenvalue weighted by Gasteiger charge is -2.07. The normalized spacial score (nSPS) is 13.9. The monoisotopic (exact) mass is 235 g/mol. The second kappa shape index (κ2) is 4.90. The predicted octanol–water partition coefficient (Wildman–Crippen LogP) is 3.19. The fourth-order valence-electron chi connectivity index (χ4n) is 1.20. The molecule has 0 saturated carbocycles. The maximum atomic E-state index is 12.0. The predicted molar refractivity (Wildman–Crippen MR) is 55.7 cm³/mol. The average molecular weight is 235 g/mol. The van der Waals surface area contributed by atoms with Crippen molar-refractivity contribution >= 4 is 11.8 Å². The molecule has 0 aromatic heterocycles. The Labute approximate surface area is 90.9 Å². The van der Waals surface area contributed by atoms with Crippen molar-refractivity contribution in [3.8, 4) is 0 Å². The minimum atomic E-state index is -4.22. The first kappa shape index (κ1) is 12.4. The Morgan fingerprint density at radius 2 is 1.80 bits per heavy atom. The molecule has 5 heteroatoms. The molecule has 0 fully saturated rings. The zero-order chi connectivity index (χ0) is 11.5. The highest BCUT2D eigenvalue weighted by Gasteiger charge is 2.28. The summed E-state index contributed by atoms with van der Waals surface area (Å²) in [6.07, 6.45) is 0.678. The Morgan fingerprint density at radius 3 is 2.20 bits per heavy atom. The van der Waals surface area contributed by atoms with Gasteiger partial charge in [-0.1, -0.05) is 12.1 Å². The van der Waals surface area contributed by atoms with Crippen LogP contribution in [0.1, 0.15) is 12.5 Å². The molecule has 2 N–H and O–H groups in total. The van der Waals surface area contributed by atoms with Crippen LogP contribution in [0.25, 0.3) is 0 Å². The van der Waals surface area contributed by atoms with Crippen molar-refractivity contribution in [2.75, 3.05) is 0 Å². The number of nitrogens with two attached hydrogens (primary N) is 1. The van der Waals surface area contributed by atoms with Gasteiger partial charge in [0, 0.05) is 10.9 Å². The summed E-state index contributed by atoms with van der Waals surface area (Å²) >= 11 is -0.103. The minimum Gasteiger partial charge on any atom is -0.328 e. The highest BCUT2D eigenvalue weighted by atomic mass is 32.2. The third-order valence-electron chi connectivity index (χ3n) is 1.71. The average Bonchev–Trinajstić information content (AvgIpc) is 2.05. The molecular weight excluding hydrogens is 223 g/mol. The van der Waals surface area contributed by atoms with E-state index in [0.29, 0.717) is 6.42 Å². The first-order valence-electron chi connectivity index (χ1n) is 4.47. The highest BCUT2D eigenvalue weighted by molar-refractivity contribution is 8.00. The molecule has 1 nitrogen and oxygen atoms in total. The van der Waals surface area contributed by atoms with Crippen molar-refractivity contribution < 1.29 is 13.2 Å². The number of rotatable bonds is 3. The summed E-state index contributed by atoms with van der Waals surface area (Å²) in [5.41, 5.74) is 2.31. The van der Waals surface area contributed by atoms with E-state index < -0.39 is 5.51 Å². The van der Waals surface area contributed by atoms with E-state index in [-0.39, 0.29) is 22.7 Å². The summed E-state index contributed by atoms with van der Waals surface area (Å²) in [6.45, 7) is 1.86. The minimum absolute atomic E-state index is 0.0196. The van der Waals surface area contributed by atoms with Gasteiger partial charge in [0.05, 0.1) is 0 Å². The number of alkyl halides is 3. The van der Waals surface area contributed by atoms with E-state index in [4.69, 9.17) is 5.73 Å². The summed E-state index contributed by atoms with van der Waals surface area (Å²) in [4.78, 5) is 0.205. The maximum Gasteiger partial charge on any atom is 0.446 e. The van der Waals surface area contributed by atoms with E-state index in [1.807, 2.05) is 6.92 Å². The second-order valence-electron chi connectivity index (χ2n) is 3.37. The van der Waals surface area contributed by atoms with Crippen LogP contribution in [0, 0.1) is 0 Å². The molecule has 0 amide bonds. The molecule has 0 aliphatic carbocycles. The van der Waals surface area contributed by atoms with Crippen LogP contribution in [-0.2, 0) is 6.42 Å². The Kier molecular flexibility index (Phi) is 4.04. The molecule has 1 atom stereocenters. The van der Waals surface area contributed by atoms with E-state index in [9.17, 15) is 13.2 Å². The molecule has 0 radical (unpaired) electrons. The summed E-state index contributed by atoms with van der Waals surface area (Å²) in [5, 5.41) is 0. The van der Waals surface area contributed by atoms with Gasteiger partial charge in [0.1, 0.15) is 0 Å². The van der Waals surface area contributed by atoms with E-state index >= 15 is 0 Å². The lowest BCUT2D eigenvalue weighted by atomic mass is 10.1. The number of hydrogen-bond acceptors (Lipinski definition) is 2. The summed E-state index contributed by atoms with van der Waals surface area (Å²) in [5.74, 6) is 0. The van der Waals surface area contributed by atoms with Gasteiger partial charge in [0.25, 0.3) is 0 Å². The quantitative estimate of drug-likeness (QED) is 0.814. The van der Waals surface area contributed by atoms with Crippen LogP contribution in [-0.4, -0.2) is 11.6 Å². The summed E-state index contributed by atoms with van der Waals surface area (Å²) in [6, 6.07) is 6.31. The van der Waals surface area contributed by atoms with Crippen LogP contribution >= 0.6 is 11.8 Å². The maximum absolute atomic E-state index is 12.0. The molecule has 0 unspecified atom stereocenters. The Hall–Kier alpha value is -0.680. The molecule has 0 heterocycles. The lowest BCUT2D eigenvalue weighted by Crippen LogP contribution is -2.17. The van der Waals surface area contributed by atoms with E-state index in [2.05, 4.69) is 0 Å². The molecule has 0 bridgehead atoms. The van der Waals surface area contributed by atoms with Gasteiger partial charge in [-0.3, -0.25) is 0 Å². The van der Waals surface area contributed by atoms with Crippen molar-refractivity contribution in [3.05, 3.63) is 29.8 Å². The number of hydrogen-bond donors (Lipinski definition) is 1. The van der Waals surface area contributed by atoms with E-state index in [1.54, 1.807) is 12.1 Å². The van der Waals surface area contributed by atoms with Crippen LogP contribution in [0.5, 0.6) is 0 Å². The SMILES string of the molecule is C[C@H](N)Cc1ccc(SC(F)(F)F)cc1. The van der Waals surface area contributed by atoms with E-state index in [1.165, 1.54) is 12.1 Å². The van der Waals surface area contributed by atoms with Gasteiger partial charge >= 0.3 is 5.51 Å². The molecule has 84 valence electrons. The second-order valence-corrected chi connectivity index (χ2v) is 4.51. The Bertz CT molecular complexity index is 305. The zero-order valence-electron chi connectivity index (χ0n) is 8.21. The Balaban J connectivity index is 2.64. The van der Waals surface area contributed by atoms with Crippen molar-refractivity contribution in [3.63, 3.8) is 0 Å². The number of thioether (sulfide) groups is 1. The van der Waals surface area contributed by atoms with Crippen molar-refractivity contribution in [1.29, 1.82) is 0 Å². The largest absolute Gasteiger partial charge is 0.446 e. The third kappa shape index (κ3) is 5.09. The van der Waals surface area contributed by atoms with Crippen molar-refractivity contribution in [2.45, 2.75) is 29.8 Å². The fraction of sp³-hybridized carbons (Fsp3) is 0.400. The van der Waals surface area contributed by atoms with Gasteiger partial charge in [0.15, 0.2) is 0 Å². The van der Waals surface area contributed by atoms with Crippen molar-refractivity contribution in [1.82, 2.24) is 0 Å². The van der Waals surface area contributed by atoms with Crippen LogP contribution in [0.2, 0.25) is 0 Å². The standard InChI is InChI=1S/C10H12F3NS/c1-7(14)6-8-2-4-9(5-3-8)15-10(11,12)13/h2-5,7H,6,14H2,1H3/t7-/m0/s1. The first-order valence-corrected chi connectivity index (χ1v) is 5.29. The van der Waals surface area contributed by atoms with Gasteiger partial charge in [0.2, 0.25) is 0 Å². The van der Waals surface area contributed by atoms with Gasteiger partial charge in [-0.15, -0.1) is 0 Å². The molecule has 0 saturated heterocycles. The third-order valence-corrected chi connectivity index (χ3v) is 2.45. The zero-order valence-corrected chi connectivity index (χ0v) is 9.03. The molecular formula is C10H12F3NS. The van der Waals surface area contributed by atoms with Crippen LogP contribution in [0.15, 0.2) is 29.2 Å². The van der Waals surface area contributed by atoms with E-state index in [0.717, 1.165) is 5.56 Å². The van der Waals surface area contributed by atoms with Crippen molar-refractivity contribution in [2.24, 2.45) is 5.73 Å². The van der Waals surface area contributed by atoms with Gasteiger partial charge < -0.3 is 5.73 Å². The fourth-order valence-corrected chi connectivity index (χ4v) is 1.74. The summed E-state index contributed by atoms with van der Waals surface area (Å²) < 4.78 is 36.0. The van der Waals surface area contributed by atoms with Gasteiger partial charge in [-0.2, -0.15) is 13.2 Å². The molecule has 1 aromatic carbocycles. The molecule has 0 spiro atoms. The van der Waals surface area contributed by atoms with Gasteiger partial charge in [-0.25, -0.2) is 0 Å². The van der Waals surface area contributed by atoms with Crippen LogP contribution in [0.3, 0.4) is 0 Å². The molecule has 1 rings (SSSR count). The topological polar surface area (TPSA) is 26.0 Å². The van der Waals surface area contributed by atoms with Crippen LogP contribution in [0.4, 0.5) is 13.2 Å². The molecule has 1 aromatic rings. The molecule has 0 aliphatic heterocycles. The van der Waals surface area contributed by atoms with Crippen LogP contribution < -0.4 is 5.73 Å². The smallest absolute Gasteiger partial charge is 0.328 e. The molecule has 15 heavy (non-hydrogen) atoms. The summed E-state index contributed by atoms with van der Waals surface area (Å²) in [7, 11) is 0. The first-order chi connectivity index (χ1) is 6.87. The lowest BCUT2D eigenvalue weighted by molar-refractivity contribution is -0.0328. The molecule has 0 aliphatic rings.